The van der Waals surface area contributed by atoms with E-state index < -0.39 is 18.3 Å². The first-order chi connectivity index (χ1) is 12.6. The fourth-order valence-electron chi connectivity index (χ4n) is 2.26. The van der Waals surface area contributed by atoms with E-state index in [2.05, 4.69) is 0 Å². The van der Waals surface area contributed by atoms with Crippen molar-refractivity contribution in [3.05, 3.63) is 29.8 Å². The van der Waals surface area contributed by atoms with Gasteiger partial charge in [-0.3, -0.25) is 0 Å². The minimum atomic E-state index is -0.924. The van der Waals surface area contributed by atoms with Crippen molar-refractivity contribution in [2.75, 3.05) is 48.1 Å². The highest BCUT2D eigenvalue weighted by Crippen LogP contribution is 2.15. The van der Waals surface area contributed by atoms with Crippen LogP contribution in [0.3, 0.4) is 0 Å². The molecule has 1 aromatic carbocycles. The molecule has 3 atom stereocenters. The van der Waals surface area contributed by atoms with Crippen LogP contribution < -0.4 is 4.74 Å². The predicted octanol–water partition coefficient (Wildman–Crippen LogP) is 0.933. The minimum Gasteiger partial charge on any atom is -0.497 e. The molecule has 0 aliphatic carbocycles. The van der Waals surface area contributed by atoms with Gasteiger partial charge in [-0.1, -0.05) is 12.1 Å². The van der Waals surface area contributed by atoms with Gasteiger partial charge in [-0.15, -0.1) is 0 Å². The normalized spacial score (nSPS) is 14.8. The summed E-state index contributed by atoms with van der Waals surface area (Å²) in [6.45, 7) is 0.335. The lowest BCUT2D eigenvalue weighted by molar-refractivity contribution is -0.181. The zero-order valence-electron chi connectivity index (χ0n) is 15.6. The SMILES string of the molecule is COCO[C@H](COCc1ccc(OC)cc1)[C@@H](C[C@H](O)CO)OCOC. The molecule has 0 heterocycles. The molecule has 8 nitrogen and oxygen atoms in total. The summed E-state index contributed by atoms with van der Waals surface area (Å²) in [7, 11) is 4.64. The van der Waals surface area contributed by atoms with E-state index in [1.165, 1.54) is 14.2 Å². The Labute approximate surface area is 154 Å². The molecule has 0 saturated carbocycles. The zero-order chi connectivity index (χ0) is 19.2. The summed E-state index contributed by atoms with van der Waals surface area (Å²) in [6, 6.07) is 7.55. The molecular formula is C18H30O8. The molecule has 0 bridgehead atoms. The maximum absolute atomic E-state index is 9.74. The van der Waals surface area contributed by atoms with Gasteiger partial charge in [0.05, 0.1) is 39.1 Å². The zero-order valence-corrected chi connectivity index (χ0v) is 15.6. The molecule has 150 valence electrons. The molecule has 2 N–H and O–H groups in total. The Hall–Kier alpha value is -1.26. The fraction of sp³-hybridized carbons (Fsp3) is 0.667. The van der Waals surface area contributed by atoms with Crippen LogP contribution in [0.5, 0.6) is 5.75 Å². The molecule has 0 fully saturated rings. The summed E-state index contributed by atoms with van der Waals surface area (Å²) in [6.07, 6.45) is -1.76. The van der Waals surface area contributed by atoms with Gasteiger partial charge in [-0.25, -0.2) is 0 Å². The third kappa shape index (κ3) is 8.91. The van der Waals surface area contributed by atoms with Crippen LogP contribution in [0.25, 0.3) is 0 Å². The molecular weight excluding hydrogens is 344 g/mol. The van der Waals surface area contributed by atoms with E-state index in [4.69, 9.17) is 33.5 Å². The van der Waals surface area contributed by atoms with E-state index >= 15 is 0 Å². The van der Waals surface area contributed by atoms with Gasteiger partial charge in [-0.2, -0.15) is 0 Å². The van der Waals surface area contributed by atoms with Crippen LogP contribution in [0.2, 0.25) is 0 Å². The molecule has 26 heavy (non-hydrogen) atoms. The molecule has 0 aromatic heterocycles. The van der Waals surface area contributed by atoms with Gasteiger partial charge in [-0.05, 0) is 17.7 Å². The average molecular weight is 374 g/mol. The van der Waals surface area contributed by atoms with E-state index in [1.54, 1.807) is 7.11 Å². The first kappa shape index (κ1) is 22.8. The number of hydrogen-bond acceptors (Lipinski definition) is 8. The Morgan fingerprint density at radius 1 is 0.923 bits per heavy atom. The van der Waals surface area contributed by atoms with Crippen LogP contribution in [0.4, 0.5) is 0 Å². The summed E-state index contributed by atoms with van der Waals surface area (Å²) in [5.41, 5.74) is 0.987. The highest BCUT2D eigenvalue weighted by Gasteiger charge is 2.26. The van der Waals surface area contributed by atoms with Crippen molar-refractivity contribution in [2.24, 2.45) is 0 Å². The molecule has 0 spiro atoms. The van der Waals surface area contributed by atoms with E-state index in [0.717, 1.165) is 11.3 Å². The molecule has 0 aliphatic heterocycles. The van der Waals surface area contributed by atoms with Crippen molar-refractivity contribution < 1.29 is 38.6 Å². The van der Waals surface area contributed by atoms with Gasteiger partial charge in [0, 0.05) is 20.6 Å². The summed E-state index contributed by atoms with van der Waals surface area (Å²) in [5, 5.41) is 18.8. The van der Waals surface area contributed by atoms with Crippen LogP contribution in [0, 0.1) is 0 Å². The second kappa shape index (κ2) is 13.9. The predicted molar refractivity (Wildman–Crippen MR) is 93.9 cm³/mol. The number of aliphatic hydroxyl groups is 2. The number of rotatable bonds is 15. The lowest BCUT2D eigenvalue weighted by Gasteiger charge is -2.28. The van der Waals surface area contributed by atoms with E-state index in [-0.39, 0.29) is 33.2 Å². The molecule has 0 saturated heterocycles. The quantitative estimate of drug-likeness (QED) is 0.438. The minimum absolute atomic E-state index is 0.0359. The molecule has 0 unspecified atom stereocenters. The van der Waals surface area contributed by atoms with Crippen molar-refractivity contribution in [1.29, 1.82) is 0 Å². The second-order valence-corrected chi connectivity index (χ2v) is 5.66. The van der Waals surface area contributed by atoms with Crippen molar-refractivity contribution >= 4 is 0 Å². The molecule has 1 aromatic rings. The van der Waals surface area contributed by atoms with Crippen molar-refractivity contribution in [1.82, 2.24) is 0 Å². The Kier molecular flexibility index (Phi) is 12.2. The largest absolute Gasteiger partial charge is 0.497 e. The summed E-state index contributed by atoms with van der Waals surface area (Å²) >= 11 is 0. The Bertz CT molecular complexity index is 453. The molecule has 0 aliphatic rings. The number of hydrogen-bond donors (Lipinski definition) is 2. The smallest absolute Gasteiger partial charge is 0.146 e. The van der Waals surface area contributed by atoms with Crippen LogP contribution in [-0.2, 0) is 30.3 Å². The first-order valence-electron chi connectivity index (χ1n) is 8.35. The highest BCUT2D eigenvalue weighted by atomic mass is 16.7. The molecule has 0 amide bonds. The topological polar surface area (TPSA) is 95.8 Å². The third-order valence-corrected chi connectivity index (χ3v) is 3.64. The molecule has 1 rings (SSSR count). The Morgan fingerprint density at radius 2 is 1.54 bits per heavy atom. The Morgan fingerprint density at radius 3 is 2.08 bits per heavy atom. The summed E-state index contributed by atoms with van der Waals surface area (Å²) in [4.78, 5) is 0. The number of benzene rings is 1. The van der Waals surface area contributed by atoms with Crippen LogP contribution >= 0.6 is 0 Å². The van der Waals surface area contributed by atoms with Gasteiger partial charge in [0.15, 0.2) is 0 Å². The second-order valence-electron chi connectivity index (χ2n) is 5.66. The Balaban J connectivity index is 2.62. The third-order valence-electron chi connectivity index (χ3n) is 3.64. The summed E-state index contributed by atoms with van der Waals surface area (Å²) < 4.78 is 32.0. The van der Waals surface area contributed by atoms with Crippen LogP contribution in [0.15, 0.2) is 24.3 Å². The van der Waals surface area contributed by atoms with Crippen LogP contribution in [0.1, 0.15) is 12.0 Å². The first-order valence-corrected chi connectivity index (χ1v) is 8.35. The van der Waals surface area contributed by atoms with E-state index in [9.17, 15) is 5.11 Å². The van der Waals surface area contributed by atoms with Gasteiger partial charge in [0.1, 0.15) is 25.4 Å². The molecule has 8 heteroatoms. The number of aliphatic hydroxyl groups excluding tert-OH is 2. The van der Waals surface area contributed by atoms with E-state index in [1.807, 2.05) is 24.3 Å². The molecule has 0 radical (unpaired) electrons. The van der Waals surface area contributed by atoms with Crippen molar-refractivity contribution in [2.45, 2.75) is 31.3 Å². The standard InChI is InChI=1S/C18H30O8/c1-21-12-25-17(8-15(20)9-19)18(26-13-22-2)11-24-10-14-4-6-16(23-3)7-5-14/h4-7,15,17-20H,8-13H2,1-3H3/t15-,17+,18+/m0/s1. The lowest BCUT2D eigenvalue weighted by Crippen LogP contribution is -2.39. The average Bonchev–Trinajstić information content (AvgIpc) is 2.68. The van der Waals surface area contributed by atoms with Gasteiger partial charge >= 0.3 is 0 Å². The number of ether oxygens (including phenoxy) is 6. The van der Waals surface area contributed by atoms with Crippen molar-refractivity contribution in [3.63, 3.8) is 0 Å². The monoisotopic (exact) mass is 374 g/mol. The van der Waals surface area contributed by atoms with Crippen LogP contribution in [-0.4, -0.2) is 76.7 Å². The maximum Gasteiger partial charge on any atom is 0.146 e. The van der Waals surface area contributed by atoms with Crippen molar-refractivity contribution in [3.8, 4) is 5.75 Å². The lowest BCUT2D eigenvalue weighted by atomic mass is 10.1. The fourth-order valence-corrected chi connectivity index (χ4v) is 2.26. The van der Waals surface area contributed by atoms with Gasteiger partial charge in [0.25, 0.3) is 0 Å². The highest BCUT2D eigenvalue weighted by molar-refractivity contribution is 5.26. The number of methoxy groups -OCH3 is 3. The van der Waals surface area contributed by atoms with E-state index in [0.29, 0.717) is 6.61 Å². The summed E-state index contributed by atoms with van der Waals surface area (Å²) in [5.74, 6) is 0.779. The maximum atomic E-state index is 9.74. The van der Waals surface area contributed by atoms with Gasteiger partial charge in [0.2, 0.25) is 0 Å². The van der Waals surface area contributed by atoms with Gasteiger partial charge < -0.3 is 38.6 Å².